The second kappa shape index (κ2) is 8.98. The number of rotatable bonds is 7. The van der Waals surface area contributed by atoms with Gasteiger partial charge in [-0.2, -0.15) is 4.31 Å². The summed E-state index contributed by atoms with van der Waals surface area (Å²) in [6.45, 7) is 2.37. The number of hydrogen-bond acceptors (Lipinski definition) is 6. The highest BCUT2D eigenvalue weighted by Gasteiger charge is 2.29. The lowest BCUT2D eigenvalue weighted by atomic mass is 10.1. The second-order valence-electron chi connectivity index (χ2n) is 6.65. The molecule has 0 N–H and O–H groups in total. The van der Waals surface area contributed by atoms with E-state index < -0.39 is 15.8 Å². The maximum atomic E-state index is 13.9. The van der Waals surface area contributed by atoms with Gasteiger partial charge in [0.1, 0.15) is 11.5 Å². The molecule has 0 bridgehead atoms. The van der Waals surface area contributed by atoms with Gasteiger partial charge >= 0.3 is 0 Å². The number of ether oxygens (including phenoxy) is 3. The van der Waals surface area contributed by atoms with Crippen LogP contribution in [0.5, 0.6) is 17.2 Å². The van der Waals surface area contributed by atoms with Crippen molar-refractivity contribution in [2.24, 2.45) is 0 Å². The fraction of sp³-hybridized carbons (Fsp3) is 0.400. The van der Waals surface area contributed by atoms with Gasteiger partial charge in [-0.05, 0) is 36.4 Å². The number of hydrogen-bond donors (Lipinski definition) is 0. The van der Waals surface area contributed by atoms with Gasteiger partial charge in [0.05, 0.1) is 26.2 Å². The van der Waals surface area contributed by atoms with Crippen LogP contribution in [0.15, 0.2) is 41.3 Å². The lowest BCUT2D eigenvalue weighted by molar-refractivity contribution is 0.180. The maximum Gasteiger partial charge on any atom is 0.243 e. The van der Waals surface area contributed by atoms with Gasteiger partial charge in [-0.1, -0.05) is 0 Å². The van der Waals surface area contributed by atoms with Crippen LogP contribution >= 0.6 is 0 Å². The third-order valence-corrected chi connectivity index (χ3v) is 6.87. The molecule has 0 unspecified atom stereocenters. The highest BCUT2D eigenvalue weighted by atomic mass is 32.2. The van der Waals surface area contributed by atoms with Crippen molar-refractivity contribution in [1.29, 1.82) is 0 Å². The Hall–Kier alpha value is -2.36. The summed E-state index contributed by atoms with van der Waals surface area (Å²) in [5, 5.41) is 0. The van der Waals surface area contributed by atoms with Gasteiger partial charge in [-0.15, -0.1) is 0 Å². The Balaban J connectivity index is 1.68. The first-order valence-corrected chi connectivity index (χ1v) is 10.6. The summed E-state index contributed by atoms with van der Waals surface area (Å²) in [4.78, 5) is 2.08. The van der Waals surface area contributed by atoms with Crippen LogP contribution in [-0.2, 0) is 16.6 Å². The van der Waals surface area contributed by atoms with Crippen molar-refractivity contribution in [3.8, 4) is 17.2 Å². The summed E-state index contributed by atoms with van der Waals surface area (Å²) in [7, 11) is 0.797. The van der Waals surface area contributed by atoms with Crippen LogP contribution in [-0.4, -0.2) is 65.1 Å². The number of methoxy groups -OCH3 is 3. The Kier molecular flexibility index (Phi) is 6.61. The fourth-order valence-electron chi connectivity index (χ4n) is 3.33. The molecule has 3 rings (SSSR count). The summed E-state index contributed by atoms with van der Waals surface area (Å²) in [6.07, 6.45) is 0. The van der Waals surface area contributed by atoms with Gasteiger partial charge < -0.3 is 14.2 Å². The molecule has 2 aromatic rings. The average Bonchev–Trinajstić information content (AvgIpc) is 2.74. The van der Waals surface area contributed by atoms with E-state index in [0.29, 0.717) is 32.7 Å². The zero-order chi connectivity index (χ0) is 21.0. The van der Waals surface area contributed by atoms with Gasteiger partial charge in [0.25, 0.3) is 0 Å². The summed E-state index contributed by atoms with van der Waals surface area (Å²) in [6, 6.07) is 9.30. The first-order valence-electron chi connectivity index (χ1n) is 9.16. The van der Waals surface area contributed by atoms with Crippen molar-refractivity contribution in [3.05, 3.63) is 47.8 Å². The smallest absolute Gasteiger partial charge is 0.243 e. The normalized spacial score (nSPS) is 15.9. The molecule has 1 heterocycles. The molecule has 1 aliphatic rings. The van der Waals surface area contributed by atoms with Crippen LogP contribution in [0.3, 0.4) is 0 Å². The minimum Gasteiger partial charge on any atom is -0.497 e. The van der Waals surface area contributed by atoms with Crippen molar-refractivity contribution in [2.45, 2.75) is 11.4 Å². The van der Waals surface area contributed by atoms with Crippen LogP contribution in [0, 0.1) is 5.82 Å². The van der Waals surface area contributed by atoms with Gasteiger partial charge in [0, 0.05) is 38.3 Å². The lowest BCUT2D eigenvalue weighted by Crippen LogP contribution is -2.48. The standard InChI is InChI=1S/C20H25FN2O5S/c1-26-16-4-6-19(27-2)15(12-16)14-22-8-10-23(11-9-22)29(24,25)17-5-7-20(28-3)18(21)13-17/h4-7,12-13H,8-11,14H2,1-3H3. The molecule has 0 amide bonds. The van der Waals surface area contributed by atoms with E-state index in [2.05, 4.69) is 4.90 Å². The minimum atomic E-state index is -3.76. The molecule has 1 aliphatic heterocycles. The molecule has 1 saturated heterocycles. The quantitative estimate of drug-likeness (QED) is 0.680. The van der Waals surface area contributed by atoms with E-state index in [0.717, 1.165) is 23.1 Å². The van der Waals surface area contributed by atoms with E-state index >= 15 is 0 Å². The SMILES string of the molecule is COc1ccc(OC)c(CN2CCN(S(=O)(=O)c3ccc(OC)c(F)c3)CC2)c1. The molecule has 2 aromatic carbocycles. The molecule has 7 nitrogen and oxygen atoms in total. The molecular weight excluding hydrogens is 399 g/mol. The first kappa shape index (κ1) is 21.4. The number of piperazine rings is 1. The summed E-state index contributed by atoms with van der Waals surface area (Å²) >= 11 is 0. The van der Waals surface area contributed by atoms with Gasteiger partial charge in [-0.25, -0.2) is 12.8 Å². The number of benzene rings is 2. The Morgan fingerprint density at radius 2 is 1.55 bits per heavy atom. The largest absolute Gasteiger partial charge is 0.497 e. The maximum absolute atomic E-state index is 13.9. The number of sulfonamides is 1. The van der Waals surface area contributed by atoms with Crippen LogP contribution in [0.25, 0.3) is 0 Å². The Morgan fingerprint density at radius 3 is 2.14 bits per heavy atom. The molecule has 0 radical (unpaired) electrons. The predicted octanol–water partition coefficient (Wildman–Crippen LogP) is 2.36. The summed E-state index contributed by atoms with van der Waals surface area (Å²) in [5.74, 6) is 0.816. The monoisotopic (exact) mass is 424 g/mol. The third-order valence-electron chi connectivity index (χ3n) is 4.97. The average molecular weight is 424 g/mol. The van der Waals surface area contributed by atoms with Gasteiger partial charge in [-0.3, -0.25) is 4.90 Å². The van der Waals surface area contributed by atoms with E-state index in [-0.39, 0.29) is 10.6 Å². The molecule has 0 aromatic heterocycles. The Bertz CT molecular complexity index is 959. The van der Waals surface area contributed by atoms with Gasteiger partial charge in [0.2, 0.25) is 10.0 Å². The van der Waals surface area contributed by atoms with Crippen molar-refractivity contribution >= 4 is 10.0 Å². The molecule has 29 heavy (non-hydrogen) atoms. The molecule has 0 aliphatic carbocycles. The highest BCUT2D eigenvalue weighted by Crippen LogP contribution is 2.27. The van der Waals surface area contributed by atoms with E-state index in [1.54, 1.807) is 14.2 Å². The Morgan fingerprint density at radius 1 is 0.897 bits per heavy atom. The van der Waals surface area contributed by atoms with Crippen LogP contribution in [0.1, 0.15) is 5.56 Å². The third kappa shape index (κ3) is 4.63. The van der Waals surface area contributed by atoms with Gasteiger partial charge in [0.15, 0.2) is 11.6 Å². The molecule has 158 valence electrons. The van der Waals surface area contributed by atoms with E-state index in [9.17, 15) is 12.8 Å². The second-order valence-corrected chi connectivity index (χ2v) is 8.59. The highest BCUT2D eigenvalue weighted by molar-refractivity contribution is 7.89. The summed E-state index contributed by atoms with van der Waals surface area (Å²) in [5.41, 5.74) is 0.973. The lowest BCUT2D eigenvalue weighted by Gasteiger charge is -2.34. The van der Waals surface area contributed by atoms with Crippen LogP contribution < -0.4 is 14.2 Å². The number of halogens is 1. The molecular formula is C20H25FN2O5S. The molecule has 0 spiro atoms. The summed E-state index contributed by atoms with van der Waals surface area (Å²) < 4.78 is 56.6. The van der Waals surface area contributed by atoms with E-state index in [1.165, 1.54) is 23.5 Å². The van der Waals surface area contributed by atoms with Crippen molar-refractivity contribution in [1.82, 2.24) is 9.21 Å². The molecule has 1 fully saturated rings. The van der Waals surface area contributed by atoms with E-state index in [1.807, 2.05) is 18.2 Å². The topological polar surface area (TPSA) is 68.3 Å². The fourth-order valence-corrected chi connectivity index (χ4v) is 4.77. The van der Waals surface area contributed by atoms with Crippen molar-refractivity contribution in [2.75, 3.05) is 47.5 Å². The minimum absolute atomic E-state index is 0.0148. The zero-order valence-corrected chi connectivity index (χ0v) is 17.5. The van der Waals surface area contributed by atoms with Crippen LogP contribution in [0.4, 0.5) is 4.39 Å². The van der Waals surface area contributed by atoms with Crippen molar-refractivity contribution in [3.63, 3.8) is 0 Å². The molecule has 9 heteroatoms. The predicted molar refractivity (Wildman–Crippen MR) is 107 cm³/mol. The Labute approximate surface area is 170 Å². The van der Waals surface area contributed by atoms with Crippen molar-refractivity contribution < 1.29 is 27.0 Å². The van der Waals surface area contributed by atoms with Crippen LogP contribution in [0.2, 0.25) is 0 Å². The first-order chi connectivity index (χ1) is 13.9. The molecule has 0 saturated carbocycles. The number of nitrogens with zero attached hydrogens (tertiary/aromatic N) is 2. The zero-order valence-electron chi connectivity index (χ0n) is 16.7. The van der Waals surface area contributed by atoms with E-state index in [4.69, 9.17) is 14.2 Å². The molecule has 0 atom stereocenters.